The SMILES string of the molecule is C[C@H]1Cc2cc3cc[c]cc3nc2N1. The van der Waals surface area contributed by atoms with Crippen LogP contribution in [-0.4, -0.2) is 11.0 Å². The van der Waals surface area contributed by atoms with Crippen molar-refractivity contribution in [2.75, 3.05) is 5.32 Å². The van der Waals surface area contributed by atoms with E-state index in [0.29, 0.717) is 6.04 Å². The van der Waals surface area contributed by atoms with Crippen molar-refractivity contribution in [3.63, 3.8) is 0 Å². The fourth-order valence-corrected chi connectivity index (χ4v) is 2.00. The lowest BCUT2D eigenvalue weighted by Gasteiger charge is -2.02. The lowest BCUT2D eigenvalue weighted by molar-refractivity contribution is 0.839. The van der Waals surface area contributed by atoms with Gasteiger partial charge in [0.15, 0.2) is 0 Å². The molecule has 2 heteroatoms. The Balaban J connectivity index is 2.27. The maximum atomic E-state index is 4.56. The van der Waals surface area contributed by atoms with Crippen molar-refractivity contribution in [1.29, 1.82) is 0 Å². The molecule has 14 heavy (non-hydrogen) atoms. The number of pyridine rings is 1. The third-order valence-corrected chi connectivity index (χ3v) is 2.65. The van der Waals surface area contributed by atoms with E-state index in [2.05, 4.69) is 35.4 Å². The number of anilines is 1. The quantitative estimate of drug-likeness (QED) is 0.678. The van der Waals surface area contributed by atoms with E-state index >= 15 is 0 Å². The number of hydrogen-bond donors (Lipinski definition) is 1. The summed E-state index contributed by atoms with van der Waals surface area (Å²) in [5.41, 5.74) is 2.35. The van der Waals surface area contributed by atoms with Crippen molar-refractivity contribution in [3.8, 4) is 0 Å². The van der Waals surface area contributed by atoms with Crippen LogP contribution in [0.4, 0.5) is 5.82 Å². The summed E-state index contributed by atoms with van der Waals surface area (Å²) in [4.78, 5) is 4.56. The van der Waals surface area contributed by atoms with Gasteiger partial charge in [0.2, 0.25) is 0 Å². The number of aromatic nitrogens is 1. The highest BCUT2D eigenvalue weighted by Gasteiger charge is 2.17. The lowest BCUT2D eigenvalue weighted by atomic mass is 10.1. The van der Waals surface area contributed by atoms with Crippen LogP contribution < -0.4 is 5.32 Å². The fraction of sp³-hybridized carbons (Fsp3) is 0.250. The van der Waals surface area contributed by atoms with Crippen LogP contribution in [0.5, 0.6) is 0 Å². The van der Waals surface area contributed by atoms with Crippen LogP contribution in [0.15, 0.2) is 24.3 Å². The van der Waals surface area contributed by atoms with E-state index in [9.17, 15) is 0 Å². The zero-order chi connectivity index (χ0) is 9.54. The van der Waals surface area contributed by atoms with E-state index < -0.39 is 0 Å². The van der Waals surface area contributed by atoms with Crippen molar-refractivity contribution in [3.05, 3.63) is 35.9 Å². The smallest absolute Gasteiger partial charge is 0.130 e. The Morgan fingerprint density at radius 1 is 1.57 bits per heavy atom. The molecule has 1 aromatic heterocycles. The van der Waals surface area contributed by atoms with Crippen molar-refractivity contribution < 1.29 is 0 Å². The van der Waals surface area contributed by atoms with Gasteiger partial charge in [0.25, 0.3) is 0 Å². The molecule has 0 amide bonds. The van der Waals surface area contributed by atoms with Gasteiger partial charge < -0.3 is 5.32 Å². The molecule has 1 aromatic carbocycles. The van der Waals surface area contributed by atoms with Gasteiger partial charge in [-0.1, -0.05) is 12.1 Å². The highest BCUT2D eigenvalue weighted by Crippen LogP contribution is 2.26. The number of fused-ring (bicyclic) bond motifs is 2. The van der Waals surface area contributed by atoms with Gasteiger partial charge in [0, 0.05) is 11.4 Å². The molecular weight excluding hydrogens is 172 g/mol. The molecule has 1 radical (unpaired) electrons. The minimum atomic E-state index is 0.512. The fourth-order valence-electron chi connectivity index (χ4n) is 2.00. The van der Waals surface area contributed by atoms with Gasteiger partial charge in [-0.05, 0) is 37.1 Å². The molecule has 2 aromatic rings. The molecule has 0 saturated heterocycles. The molecule has 1 atom stereocenters. The van der Waals surface area contributed by atoms with Crippen molar-refractivity contribution in [1.82, 2.24) is 4.98 Å². The van der Waals surface area contributed by atoms with Gasteiger partial charge in [0.1, 0.15) is 5.82 Å². The Bertz CT molecular complexity index is 446. The Kier molecular flexibility index (Phi) is 1.51. The maximum Gasteiger partial charge on any atom is 0.130 e. The van der Waals surface area contributed by atoms with Gasteiger partial charge in [-0.3, -0.25) is 0 Å². The number of hydrogen-bond acceptors (Lipinski definition) is 2. The monoisotopic (exact) mass is 183 g/mol. The van der Waals surface area contributed by atoms with Crippen molar-refractivity contribution >= 4 is 16.7 Å². The summed E-state index contributed by atoms with van der Waals surface area (Å²) in [5, 5.41) is 4.57. The van der Waals surface area contributed by atoms with Crippen LogP contribution in [0, 0.1) is 6.07 Å². The van der Waals surface area contributed by atoms with Crippen molar-refractivity contribution in [2.24, 2.45) is 0 Å². The molecule has 1 N–H and O–H groups in total. The highest BCUT2D eigenvalue weighted by molar-refractivity contribution is 5.82. The summed E-state index contributed by atoms with van der Waals surface area (Å²) < 4.78 is 0. The third kappa shape index (κ3) is 1.07. The van der Waals surface area contributed by atoms with E-state index in [1.165, 1.54) is 10.9 Å². The summed E-state index contributed by atoms with van der Waals surface area (Å²) >= 11 is 0. The van der Waals surface area contributed by atoms with Crippen LogP contribution in [0.25, 0.3) is 10.9 Å². The summed E-state index contributed by atoms with van der Waals surface area (Å²) in [7, 11) is 0. The molecule has 0 spiro atoms. The van der Waals surface area contributed by atoms with Crippen LogP contribution in [0.1, 0.15) is 12.5 Å². The van der Waals surface area contributed by atoms with Crippen LogP contribution in [0.2, 0.25) is 0 Å². The zero-order valence-corrected chi connectivity index (χ0v) is 8.04. The molecule has 0 unspecified atom stereocenters. The van der Waals surface area contributed by atoms with E-state index in [-0.39, 0.29) is 0 Å². The van der Waals surface area contributed by atoms with Gasteiger partial charge >= 0.3 is 0 Å². The van der Waals surface area contributed by atoms with Gasteiger partial charge in [-0.25, -0.2) is 4.98 Å². The Morgan fingerprint density at radius 2 is 2.50 bits per heavy atom. The molecule has 3 rings (SSSR count). The molecular formula is C12H11N2. The standard InChI is InChI=1S/C12H11N2/c1-8-6-10-7-9-4-2-3-5-11(9)14-12(10)13-8/h2,4-5,7-8H,6H2,1H3,(H,13,14)/t8-/m0/s1. The minimum Gasteiger partial charge on any atom is -0.367 e. The molecule has 0 saturated carbocycles. The number of nitrogens with zero attached hydrogens (tertiary/aromatic N) is 1. The van der Waals surface area contributed by atoms with E-state index in [4.69, 9.17) is 0 Å². The van der Waals surface area contributed by atoms with Gasteiger partial charge in [0.05, 0.1) is 5.52 Å². The second-order valence-corrected chi connectivity index (χ2v) is 3.86. The Hall–Kier alpha value is -1.57. The molecule has 2 heterocycles. The summed E-state index contributed by atoms with van der Waals surface area (Å²) in [6.45, 7) is 2.18. The molecule has 1 aliphatic rings. The molecule has 2 nitrogen and oxygen atoms in total. The molecule has 1 aliphatic heterocycles. The summed E-state index contributed by atoms with van der Waals surface area (Å²) in [6.07, 6.45) is 1.08. The molecule has 69 valence electrons. The van der Waals surface area contributed by atoms with Crippen LogP contribution in [0.3, 0.4) is 0 Å². The van der Waals surface area contributed by atoms with Crippen molar-refractivity contribution in [2.45, 2.75) is 19.4 Å². The number of benzene rings is 1. The van der Waals surface area contributed by atoms with Crippen LogP contribution in [-0.2, 0) is 6.42 Å². The zero-order valence-electron chi connectivity index (χ0n) is 8.04. The number of rotatable bonds is 0. The minimum absolute atomic E-state index is 0.512. The largest absolute Gasteiger partial charge is 0.367 e. The predicted octanol–water partition coefficient (Wildman–Crippen LogP) is 2.39. The first kappa shape index (κ1) is 7.80. The first-order valence-electron chi connectivity index (χ1n) is 4.89. The Morgan fingerprint density at radius 3 is 3.43 bits per heavy atom. The van der Waals surface area contributed by atoms with Gasteiger partial charge in [-0.15, -0.1) is 0 Å². The highest BCUT2D eigenvalue weighted by atomic mass is 15.0. The lowest BCUT2D eigenvalue weighted by Crippen LogP contribution is -2.08. The van der Waals surface area contributed by atoms with Crippen LogP contribution >= 0.6 is 0 Å². The van der Waals surface area contributed by atoms with E-state index in [0.717, 1.165) is 17.8 Å². The predicted molar refractivity (Wildman–Crippen MR) is 57.4 cm³/mol. The normalized spacial score (nSPS) is 19.4. The summed E-state index contributed by atoms with van der Waals surface area (Å²) in [5.74, 6) is 1.05. The average molecular weight is 183 g/mol. The maximum absolute atomic E-state index is 4.56. The molecule has 0 fully saturated rings. The first-order chi connectivity index (χ1) is 6.83. The molecule has 0 aliphatic carbocycles. The average Bonchev–Trinajstić information content (AvgIpc) is 2.53. The summed E-state index contributed by atoms with van der Waals surface area (Å²) in [6, 6.07) is 11.7. The van der Waals surface area contributed by atoms with Gasteiger partial charge in [-0.2, -0.15) is 0 Å². The van der Waals surface area contributed by atoms with E-state index in [1.807, 2.05) is 12.1 Å². The number of nitrogens with one attached hydrogen (secondary N) is 1. The second kappa shape index (κ2) is 2.71. The molecule has 0 bridgehead atoms. The topological polar surface area (TPSA) is 24.9 Å². The second-order valence-electron chi connectivity index (χ2n) is 3.86. The first-order valence-corrected chi connectivity index (χ1v) is 4.89. The van der Waals surface area contributed by atoms with E-state index in [1.54, 1.807) is 0 Å². The third-order valence-electron chi connectivity index (χ3n) is 2.65. The Labute approximate surface area is 83.0 Å².